The van der Waals surface area contributed by atoms with Gasteiger partial charge in [-0.05, 0) is 36.4 Å². The number of anilines is 2. The number of nitrogens with two attached hydrogens (primary N) is 2. The predicted molar refractivity (Wildman–Crippen MR) is 86.4 cm³/mol. The largest absolute Gasteiger partial charge is 0.399 e. The Balaban J connectivity index is 2.20. The van der Waals surface area contributed by atoms with Crippen LogP contribution < -0.4 is 11.5 Å². The molecular formula is C17H12FN5. The van der Waals surface area contributed by atoms with Gasteiger partial charge in [0.25, 0.3) is 0 Å². The van der Waals surface area contributed by atoms with Gasteiger partial charge in [-0.2, -0.15) is 5.26 Å². The zero-order chi connectivity index (χ0) is 16.4. The number of nitriles is 1. The van der Waals surface area contributed by atoms with Crippen molar-refractivity contribution in [2.75, 3.05) is 11.5 Å². The van der Waals surface area contributed by atoms with Crippen molar-refractivity contribution in [1.29, 1.82) is 5.26 Å². The molecule has 0 saturated carbocycles. The van der Waals surface area contributed by atoms with Crippen molar-refractivity contribution < 1.29 is 4.39 Å². The summed E-state index contributed by atoms with van der Waals surface area (Å²) in [5, 5.41) is 9.33. The Morgan fingerprint density at radius 1 is 0.870 bits per heavy atom. The van der Waals surface area contributed by atoms with E-state index >= 15 is 0 Å². The molecule has 0 aliphatic rings. The lowest BCUT2D eigenvalue weighted by Crippen LogP contribution is -2.03. The molecule has 0 saturated heterocycles. The van der Waals surface area contributed by atoms with Crippen LogP contribution in [0.1, 0.15) is 5.56 Å². The first-order valence-corrected chi connectivity index (χ1v) is 6.78. The summed E-state index contributed by atoms with van der Waals surface area (Å²) in [7, 11) is 0. The smallest absolute Gasteiger partial charge is 0.162 e. The van der Waals surface area contributed by atoms with Crippen LogP contribution in [0.4, 0.5) is 15.9 Å². The minimum absolute atomic E-state index is 0.0775. The van der Waals surface area contributed by atoms with E-state index in [1.165, 1.54) is 12.1 Å². The van der Waals surface area contributed by atoms with Crippen LogP contribution in [-0.4, -0.2) is 9.97 Å². The molecule has 0 atom stereocenters. The highest BCUT2D eigenvalue weighted by molar-refractivity contribution is 5.75. The third-order valence-electron chi connectivity index (χ3n) is 3.34. The quantitative estimate of drug-likeness (QED) is 0.709. The van der Waals surface area contributed by atoms with Crippen LogP contribution in [0.25, 0.3) is 22.6 Å². The number of benzene rings is 2. The monoisotopic (exact) mass is 305 g/mol. The minimum Gasteiger partial charge on any atom is -0.399 e. The van der Waals surface area contributed by atoms with Gasteiger partial charge in [0.15, 0.2) is 5.82 Å². The third kappa shape index (κ3) is 2.80. The zero-order valence-corrected chi connectivity index (χ0v) is 12.0. The van der Waals surface area contributed by atoms with Gasteiger partial charge in [-0.15, -0.1) is 0 Å². The van der Waals surface area contributed by atoms with E-state index in [-0.39, 0.29) is 17.2 Å². The van der Waals surface area contributed by atoms with E-state index in [9.17, 15) is 9.65 Å². The van der Waals surface area contributed by atoms with Gasteiger partial charge in [0.05, 0.1) is 5.69 Å². The molecule has 3 aromatic rings. The molecule has 2 aromatic carbocycles. The van der Waals surface area contributed by atoms with Crippen molar-refractivity contribution in [3.8, 4) is 28.7 Å². The highest BCUT2D eigenvalue weighted by Crippen LogP contribution is 2.28. The Morgan fingerprint density at radius 3 is 2.09 bits per heavy atom. The summed E-state index contributed by atoms with van der Waals surface area (Å²) >= 11 is 0. The first kappa shape index (κ1) is 14.5. The first-order valence-electron chi connectivity index (χ1n) is 6.78. The van der Waals surface area contributed by atoms with E-state index in [1.807, 2.05) is 6.07 Å². The Hall–Kier alpha value is -3.46. The molecule has 0 aliphatic heterocycles. The fraction of sp³-hybridized carbons (Fsp3) is 0. The third-order valence-corrected chi connectivity index (χ3v) is 3.34. The second-order valence-corrected chi connectivity index (χ2v) is 4.90. The Bertz CT molecular complexity index is 896. The highest BCUT2D eigenvalue weighted by Gasteiger charge is 2.15. The summed E-state index contributed by atoms with van der Waals surface area (Å²) in [6.07, 6.45) is 0. The summed E-state index contributed by atoms with van der Waals surface area (Å²) in [5.74, 6) is 0.0519. The molecule has 0 spiro atoms. The van der Waals surface area contributed by atoms with Crippen LogP contribution in [0.2, 0.25) is 0 Å². The maximum absolute atomic E-state index is 13.1. The number of hydrogen-bond acceptors (Lipinski definition) is 5. The molecule has 0 fully saturated rings. The summed E-state index contributed by atoms with van der Waals surface area (Å²) < 4.78 is 13.1. The van der Waals surface area contributed by atoms with Crippen molar-refractivity contribution in [3.05, 3.63) is 59.9 Å². The van der Waals surface area contributed by atoms with Gasteiger partial charge in [-0.1, -0.05) is 12.1 Å². The van der Waals surface area contributed by atoms with Gasteiger partial charge in [0.1, 0.15) is 23.3 Å². The minimum atomic E-state index is -0.353. The van der Waals surface area contributed by atoms with Crippen molar-refractivity contribution in [2.45, 2.75) is 0 Å². The second-order valence-electron chi connectivity index (χ2n) is 4.90. The SMILES string of the molecule is N#Cc1c(N)nc(-c2ccc(F)cc2)nc1-c1ccc(N)cc1. The van der Waals surface area contributed by atoms with Gasteiger partial charge >= 0.3 is 0 Å². The van der Waals surface area contributed by atoms with Crippen LogP contribution in [0.15, 0.2) is 48.5 Å². The lowest BCUT2D eigenvalue weighted by molar-refractivity contribution is 0.628. The van der Waals surface area contributed by atoms with Gasteiger partial charge < -0.3 is 11.5 Å². The maximum Gasteiger partial charge on any atom is 0.162 e. The van der Waals surface area contributed by atoms with Crippen molar-refractivity contribution in [1.82, 2.24) is 9.97 Å². The van der Waals surface area contributed by atoms with E-state index in [2.05, 4.69) is 9.97 Å². The average molecular weight is 305 g/mol. The Kier molecular flexibility index (Phi) is 3.61. The number of rotatable bonds is 2. The fourth-order valence-corrected chi connectivity index (χ4v) is 2.17. The molecule has 112 valence electrons. The summed E-state index contributed by atoms with van der Waals surface area (Å²) in [6.45, 7) is 0. The molecule has 1 aromatic heterocycles. The molecule has 23 heavy (non-hydrogen) atoms. The number of halogens is 1. The van der Waals surface area contributed by atoms with Crippen LogP contribution in [0, 0.1) is 17.1 Å². The number of hydrogen-bond donors (Lipinski definition) is 2. The molecule has 0 aliphatic carbocycles. The van der Waals surface area contributed by atoms with E-state index in [0.29, 0.717) is 28.3 Å². The summed E-state index contributed by atoms with van der Waals surface area (Å²) in [5.41, 5.74) is 14.1. The molecule has 0 amide bonds. The summed E-state index contributed by atoms with van der Waals surface area (Å²) in [4.78, 5) is 8.57. The summed E-state index contributed by atoms with van der Waals surface area (Å²) in [6, 6.07) is 14.7. The standard InChI is InChI=1S/C17H12FN5/c18-12-5-1-11(2-6-12)17-22-15(14(9-19)16(21)23-17)10-3-7-13(20)8-4-10/h1-8H,20H2,(H2,21,22,23). The molecule has 0 bridgehead atoms. The fourth-order valence-electron chi connectivity index (χ4n) is 2.17. The topological polar surface area (TPSA) is 102 Å². The molecule has 5 nitrogen and oxygen atoms in total. The molecular weight excluding hydrogens is 293 g/mol. The van der Waals surface area contributed by atoms with Gasteiger partial charge in [-0.25, -0.2) is 14.4 Å². The zero-order valence-electron chi connectivity index (χ0n) is 12.0. The van der Waals surface area contributed by atoms with Gasteiger partial charge in [0, 0.05) is 16.8 Å². The molecule has 3 rings (SSSR count). The molecule has 0 unspecified atom stereocenters. The molecule has 0 radical (unpaired) electrons. The molecule has 1 heterocycles. The number of aromatic nitrogens is 2. The average Bonchev–Trinajstić information content (AvgIpc) is 2.55. The Labute approximate surface area is 132 Å². The number of nitrogens with zero attached hydrogens (tertiary/aromatic N) is 3. The van der Waals surface area contributed by atoms with E-state index < -0.39 is 0 Å². The normalized spacial score (nSPS) is 10.3. The van der Waals surface area contributed by atoms with Crippen LogP contribution in [0.3, 0.4) is 0 Å². The molecule has 4 N–H and O–H groups in total. The highest BCUT2D eigenvalue weighted by atomic mass is 19.1. The van der Waals surface area contributed by atoms with Gasteiger partial charge in [-0.3, -0.25) is 0 Å². The number of nitrogen functional groups attached to an aromatic ring is 2. The second kappa shape index (κ2) is 5.73. The van der Waals surface area contributed by atoms with Crippen molar-refractivity contribution >= 4 is 11.5 Å². The lowest BCUT2D eigenvalue weighted by Gasteiger charge is -2.09. The Morgan fingerprint density at radius 2 is 1.48 bits per heavy atom. The van der Waals surface area contributed by atoms with Crippen molar-refractivity contribution in [3.63, 3.8) is 0 Å². The van der Waals surface area contributed by atoms with Crippen molar-refractivity contribution in [2.24, 2.45) is 0 Å². The van der Waals surface area contributed by atoms with Crippen LogP contribution >= 0.6 is 0 Å². The van der Waals surface area contributed by atoms with E-state index in [0.717, 1.165) is 0 Å². The predicted octanol–water partition coefficient (Wildman–Crippen LogP) is 2.99. The van der Waals surface area contributed by atoms with E-state index in [1.54, 1.807) is 36.4 Å². The lowest BCUT2D eigenvalue weighted by atomic mass is 10.1. The maximum atomic E-state index is 13.1. The van der Waals surface area contributed by atoms with Crippen LogP contribution in [-0.2, 0) is 0 Å². The first-order chi connectivity index (χ1) is 11.1. The molecule has 6 heteroatoms. The van der Waals surface area contributed by atoms with E-state index in [4.69, 9.17) is 11.5 Å². The van der Waals surface area contributed by atoms with Crippen LogP contribution in [0.5, 0.6) is 0 Å². The van der Waals surface area contributed by atoms with Gasteiger partial charge in [0.2, 0.25) is 0 Å².